The molecule has 3 heteroatoms. The van der Waals surface area contributed by atoms with Crippen molar-refractivity contribution in [3.63, 3.8) is 0 Å². The van der Waals surface area contributed by atoms with E-state index in [2.05, 4.69) is 17.0 Å². The van der Waals surface area contributed by atoms with Gasteiger partial charge < -0.3 is 5.21 Å². The summed E-state index contributed by atoms with van der Waals surface area (Å²) in [4.78, 5) is 2.08. The first kappa shape index (κ1) is 5.56. The van der Waals surface area contributed by atoms with Crippen LogP contribution >= 0.6 is 0 Å². The fraction of sp³-hybridized carbons (Fsp3) is 0.600. The van der Waals surface area contributed by atoms with Crippen LogP contribution in [-0.2, 0) is 0 Å². The predicted octanol–water partition coefficient (Wildman–Crippen LogP) is -0.0337. The van der Waals surface area contributed by atoms with Gasteiger partial charge in [-0.05, 0) is 13.5 Å². The van der Waals surface area contributed by atoms with Crippen molar-refractivity contribution in [1.29, 1.82) is 0 Å². The van der Waals surface area contributed by atoms with Crippen LogP contribution in [0.1, 0.15) is 0 Å². The minimum atomic E-state index is 0.792. The third-order valence-electron chi connectivity index (χ3n) is 1.27. The maximum absolute atomic E-state index is 8.14. The minimum absolute atomic E-state index is 0.792. The lowest BCUT2D eigenvalue weighted by Crippen LogP contribution is -2.46. The first-order valence-electron chi connectivity index (χ1n) is 2.58. The van der Waals surface area contributed by atoms with E-state index in [1.807, 2.05) is 0 Å². The van der Waals surface area contributed by atoms with Gasteiger partial charge in [-0.3, -0.25) is 4.90 Å². The maximum atomic E-state index is 8.14. The molecule has 0 aliphatic carbocycles. The van der Waals surface area contributed by atoms with Crippen molar-refractivity contribution in [1.82, 2.24) is 4.90 Å². The molecule has 3 nitrogen and oxygen atoms in total. The summed E-state index contributed by atoms with van der Waals surface area (Å²) in [6.07, 6.45) is 0. The molecule has 0 bridgehead atoms. The zero-order valence-corrected chi connectivity index (χ0v) is 4.67. The molecule has 0 unspecified atom stereocenters. The molecule has 0 saturated carbocycles. The van der Waals surface area contributed by atoms with Gasteiger partial charge in [0.25, 0.3) is 0 Å². The third-order valence-corrected chi connectivity index (χ3v) is 1.27. The highest BCUT2D eigenvalue weighted by Crippen LogP contribution is 2.00. The predicted molar refractivity (Wildman–Crippen MR) is 31.0 cm³/mol. The normalized spacial score (nSPS) is 20.4. The van der Waals surface area contributed by atoms with E-state index in [9.17, 15) is 0 Å². The van der Waals surface area contributed by atoms with E-state index in [1.165, 1.54) is 0 Å². The number of nitrogens with zero attached hydrogens (tertiary/aromatic N) is 2. The molecular formula is C5H9N2O. The van der Waals surface area contributed by atoms with Gasteiger partial charge in [-0.2, -0.15) is 0 Å². The van der Waals surface area contributed by atoms with E-state index in [1.54, 1.807) is 0 Å². The van der Waals surface area contributed by atoms with Crippen molar-refractivity contribution < 1.29 is 5.21 Å². The average Bonchev–Trinajstić information content (AvgIpc) is 1.65. The van der Waals surface area contributed by atoms with Crippen LogP contribution in [-0.4, -0.2) is 35.5 Å². The summed E-state index contributed by atoms with van der Waals surface area (Å²) >= 11 is 0. The first-order valence-corrected chi connectivity index (χ1v) is 2.58. The second kappa shape index (κ2) is 2.13. The highest BCUT2D eigenvalue weighted by Gasteiger charge is 2.19. The van der Waals surface area contributed by atoms with E-state index in [0.717, 1.165) is 25.3 Å². The van der Waals surface area contributed by atoms with Gasteiger partial charge >= 0.3 is 0 Å². The zero-order valence-electron chi connectivity index (χ0n) is 4.67. The zero-order chi connectivity index (χ0) is 5.98. The van der Waals surface area contributed by atoms with Crippen LogP contribution in [0.3, 0.4) is 0 Å². The van der Waals surface area contributed by atoms with E-state index in [-0.39, 0.29) is 0 Å². The Morgan fingerprint density at radius 2 is 2.38 bits per heavy atom. The topological polar surface area (TPSA) is 35.8 Å². The Bertz CT molecular complexity index is 103. The summed E-state index contributed by atoms with van der Waals surface area (Å²) in [6.45, 7) is 6.05. The van der Waals surface area contributed by atoms with Gasteiger partial charge in [-0.25, -0.2) is 0 Å². The van der Waals surface area contributed by atoms with Gasteiger partial charge in [0.1, 0.15) is 0 Å². The fourth-order valence-corrected chi connectivity index (χ4v) is 0.691. The summed E-state index contributed by atoms with van der Waals surface area (Å²) in [6, 6.07) is 0. The highest BCUT2D eigenvalue weighted by atomic mass is 16.4. The van der Waals surface area contributed by atoms with Crippen LogP contribution in [0.4, 0.5) is 0 Å². The second-order valence-electron chi connectivity index (χ2n) is 1.88. The van der Waals surface area contributed by atoms with E-state index in [0.29, 0.717) is 0 Å². The first-order chi connectivity index (χ1) is 3.86. The molecule has 1 radical (unpaired) electrons. The molecule has 0 spiro atoms. The molecule has 0 aromatic rings. The Hall–Kier alpha value is -0.570. The lowest BCUT2D eigenvalue weighted by atomic mass is 10.2. The lowest BCUT2D eigenvalue weighted by molar-refractivity contribution is 0.280. The van der Waals surface area contributed by atoms with Crippen molar-refractivity contribution in [3.05, 3.63) is 6.92 Å². The van der Waals surface area contributed by atoms with Gasteiger partial charge in [0.05, 0.1) is 5.71 Å². The highest BCUT2D eigenvalue weighted by molar-refractivity contribution is 5.92. The SMILES string of the molecule is [CH2]CN1CC(=NO)C1. The quantitative estimate of drug-likeness (QED) is 0.383. The van der Waals surface area contributed by atoms with Crippen LogP contribution in [0.15, 0.2) is 5.16 Å². The molecule has 1 heterocycles. The van der Waals surface area contributed by atoms with Crippen LogP contribution < -0.4 is 0 Å². The molecule has 1 aliphatic rings. The summed E-state index contributed by atoms with van der Waals surface area (Å²) < 4.78 is 0. The van der Waals surface area contributed by atoms with Crippen LogP contribution in [0.25, 0.3) is 0 Å². The number of hydrogen-bond acceptors (Lipinski definition) is 3. The molecule has 0 atom stereocenters. The van der Waals surface area contributed by atoms with Crippen molar-refractivity contribution in [3.8, 4) is 0 Å². The molecule has 45 valence electrons. The summed E-state index contributed by atoms with van der Waals surface area (Å²) in [7, 11) is 0. The smallest absolute Gasteiger partial charge is 0.0850 e. The molecule has 1 saturated heterocycles. The molecule has 0 amide bonds. The average molecular weight is 113 g/mol. The summed E-state index contributed by atoms with van der Waals surface area (Å²) in [5.74, 6) is 0. The Balaban J connectivity index is 2.21. The standard InChI is InChI=1S/C5H9N2O/c1-2-7-3-5(4-7)6-8/h8H,1-4H2. The van der Waals surface area contributed by atoms with Crippen LogP contribution in [0.2, 0.25) is 0 Å². The number of likely N-dealkylation sites (tertiary alicyclic amines) is 1. The van der Waals surface area contributed by atoms with Crippen molar-refractivity contribution in [2.45, 2.75) is 0 Å². The molecule has 8 heavy (non-hydrogen) atoms. The van der Waals surface area contributed by atoms with Crippen molar-refractivity contribution in [2.75, 3.05) is 19.6 Å². The van der Waals surface area contributed by atoms with Gasteiger partial charge in [-0.1, -0.05) is 5.16 Å². The monoisotopic (exact) mass is 113 g/mol. The Labute approximate surface area is 48.6 Å². The Morgan fingerprint density at radius 1 is 1.75 bits per heavy atom. The number of oxime groups is 1. The molecule has 1 fully saturated rings. The van der Waals surface area contributed by atoms with E-state index in [4.69, 9.17) is 5.21 Å². The van der Waals surface area contributed by atoms with Crippen molar-refractivity contribution >= 4 is 5.71 Å². The third kappa shape index (κ3) is 0.816. The van der Waals surface area contributed by atoms with Gasteiger partial charge in [0, 0.05) is 13.1 Å². The molecule has 1 N–H and O–H groups in total. The molecule has 1 aliphatic heterocycles. The molecule has 0 aromatic heterocycles. The van der Waals surface area contributed by atoms with Crippen LogP contribution in [0.5, 0.6) is 0 Å². The van der Waals surface area contributed by atoms with Gasteiger partial charge in [0.2, 0.25) is 0 Å². The fourth-order valence-electron chi connectivity index (χ4n) is 0.691. The second-order valence-corrected chi connectivity index (χ2v) is 1.88. The molecule has 1 rings (SSSR count). The van der Waals surface area contributed by atoms with Gasteiger partial charge in [0.15, 0.2) is 0 Å². The van der Waals surface area contributed by atoms with Gasteiger partial charge in [-0.15, -0.1) is 0 Å². The minimum Gasteiger partial charge on any atom is -0.411 e. The Morgan fingerprint density at radius 3 is 2.75 bits per heavy atom. The summed E-state index contributed by atoms with van der Waals surface area (Å²) in [5.41, 5.74) is 0.855. The number of hydrogen-bond donors (Lipinski definition) is 1. The Kier molecular flexibility index (Phi) is 1.48. The molecule has 0 aromatic carbocycles. The summed E-state index contributed by atoms with van der Waals surface area (Å²) in [5, 5.41) is 11.2. The van der Waals surface area contributed by atoms with E-state index >= 15 is 0 Å². The lowest BCUT2D eigenvalue weighted by Gasteiger charge is -2.29. The van der Waals surface area contributed by atoms with Crippen molar-refractivity contribution in [2.24, 2.45) is 5.16 Å². The maximum Gasteiger partial charge on any atom is 0.0850 e. The van der Waals surface area contributed by atoms with Crippen LogP contribution in [0, 0.1) is 6.92 Å². The van der Waals surface area contributed by atoms with E-state index < -0.39 is 0 Å². The molecular weight excluding hydrogens is 104 g/mol. The largest absolute Gasteiger partial charge is 0.411 e. The number of rotatable bonds is 1.